The number of nitrogens with two attached hydrogens (primary N) is 1. The molecule has 4 nitrogen and oxygen atoms in total. The van der Waals surface area contributed by atoms with Crippen LogP contribution in [0, 0.1) is 0 Å². The molecule has 2 rings (SSSR count). The molecule has 0 spiro atoms. The van der Waals surface area contributed by atoms with E-state index in [0.717, 1.165) is 0 Å². The predicted molar refractivity (Wildman–Crippen MR) is 80.3 cm³/mol. The summed E-state index contributed by atoms with van der Waals surface area (Å²) in [5.41, 5.74) is 7.45. The van der Waals surface area contributed by atoms with Crippen molar-refractivity contribution in [1.29, 1.82) is 0 Å². The maximum atomic E-state index is 12.1. The second-order valence-corrected chi connectivity index (χ2v) is 4.76. The Morgan fingerprint density at radius 1 is 1.15 bits per heavy atom. The molecule has 5 heteroatoms. The Morgan fingerprint density at radius 3 is 2.60 bits per heavy atom. The summed E-state index contributed by atoms with van der Waals surface area (Å²) in [5, 5.41) is 3.12. The molecule has 3 N–H and O–H groups in total. The van der Waals surface area contributed by atoms with E-state index in [1.54, 1.807) is 36.4 Å². The van der Waals surface area contributed by atoms with E-state index in [9.17, 15) is 9.59 Å². The van der Waals surface area contributed by atoms with E-state index in [2.05, 4.69) is 5.32 Å². The van der Waals surface area contributed by atoms with Crippen LogP contribution in [0.15, 0.2) is 42.5 Å². The molecule has 20 heavy (non-hydrogen) atoms. The lowest BCUT2D eigenvalue weighted by atomic mass is 10.1. The van der Waals surface area contributed by atoms with E-state index < -0.39 is 0 Å². The zero-order valence-electron chi connectivity index (χ0n) is 10.8. The van der Waals surface area contributed by atoms with Gasteiger partial charge in [-0.15, -0.1) is 0 Å². The Hall–Kier alpha value is -2.33. The summed E-state index contributed by atoms with van der Waals surface area (Å²) in [5.74, 6) is -0.436. The van der Waals surface area contributed by atoms with Crippen molar-refractivity contribution in [2.75, 3.05) is 11.1 Å². The minimum atomic E-state index is -0.370. The predicted octanol–water partition coefficient (Wildman–Crippen LogP) is 3.38. The molecule has 102 valence electrons. The number of anilines is 2. The van der Waals surface area contributed by atoms with Crippen LogP contribution in [0.2, 0.25) is 5.02 Å². The van der Waals surface area contributed by atoms with Crippen molar-refractivity contribution in [2.45, 2.75) is 6.92 Å². The average Bonchev–Trinajstić information content (AvgIpc) is 2.41. The molecule has 0 aliphatic carbocycles. The molecule has 0 aliphatic rings. The maximum absolute atomic E-state index is 12.1. The number of carbonyl (C=O) groups is 2. The highest BCUT2D eigenvalue weighted by Gasteiger charge is 2.11. The molecule has 0 saturated heterocycles. The smallest absolute Gasteiger partial charge is 0.257 e. The van der Waals surface area contributed by atoms with Gasteiger partial charge in [-0.2, -0.15) is 0 Å². The average molecular weight is 289 g/mol. The van der Waals surface area contributed by atoms with E-state index >= 15 is 0 Å². The minimum absolute atomic E-state index is 0.0663. The molecule has 0 aromatic heterocycles. The lowest BCUT2D eigenvalue weighted by Gasteiger charge is -2.08. The van der Waals surface area contributed by atoms with Gasteiger partial charge in [0.15, 0.2) is 5.78 Å². The van der Waals surface area contributed by atoms with Gasteiger partial charge in [0.05, 0.1) is 5.56 Å². The van der Waals surface area contributed by atoms with Crippen LogP contribution in [-0.2, 0) is 0 Å². The number of nitrogens with one attached hydrogen (secondary N) is 1. The molecule has 2 aromatic rings. The molecule has 0 atom stereocenters. The van der Waals surface area contributed by atoms with E-state index in [0.29, 0.717) is 27.5 Å². The molecule has 0 aliphatic heterocycles. The summed E-state index contributed by atoms with van der Waals surface area (Å²) in [6.45, 7) is 1.47. The quantitative estimate of drug-likeness (QED) is 0.672. The summed E-state index contributed by atoms with van der Waals surface area (Å²) in [7, 11) is 0. The zero-order valence-corrected chi connectivity index (χ0v) is 11.6. The van der Waals surface area contributed by atoms with Gasteiger partial charge >= 0.3 is 0 Å². The number of amides is 1. The van der Waals surface area contributed by atoms with Crippen molar-refractivity contribution >= 4 is 34.7 Å². The molecule has 0 saturated carbocycles. The summed E-state index contributed by atoms with van der Waals surface area (Å²) in [6.07, 6.45) is 0. The highest BCUT2D eigenvalue weighted by molar-refractivity contribution is 6.31. The van der Waals surface area contributed by atoms with Crippen LogP contribution >= 0.6 is 11.6 Å². The molecule has 0 unspecified atom stereocenters. The molecule has 0 bridgehead atoms. The first kappa shape index (κ1) is 14.1. The fourth-order valence-corrected chi connectivity index (χ4v) is 1.91. The van der Waals surface area contributed by atoms with Crippen LogP contribution < -0.4 is 11.1 Å². The molecule has 1 amide bonds. The number of ketones is 1. The summed E-state index contributed by atoms with van der Waals surface area (Å²) in [4.78, 5) is 23.4. The van der Waals surface area contributed by atoms with Crippen LogP contribution in [0.1, 0.15) is 27.6 Å². The number of halogens is 1. The second-order valence-electron chi connectivity index (χ2n) is 4.32. The van der Waals surface area contributed by atoms with Crippen LogP contribution in [0.4, 0.5) is 11.4 Å². The highest BCUT2D eigenvalue weighted by atomic mass is 35.5. The van der Waals surface area contributed by atoms with Gasteiger partial charge in [0.2, 0.25) is 0 Å². The van der Waals surface area contributed by atoms with Gasteiger partial charge in [0.1, 0.15) is 0 Å². The molecule has 0 fully saturated rings. The first-order chi connectivity index (χ1) is 9.47. The van der Waals surface area contributed by atoms with Crippen molar-refractivity contribution in [3.63, 3.8) is 0 Å². The number of hydrogen-bond donors (Lipinski definition) is 2. The van der Waals surface area contributed by atoms with Gasteiger partial charge in [-0.05, 0) is 37.3 Å². The molecule has 2 aromatic carbocycles. The van der Waals surface area contributed by atoms with E-state index in [-0.39, 0.29) is 11.7 Å². The van der Waals surface area contributed by atoms with E-state index in [1.165, 1.54) is 13.0 Å². The Balaban J connectivity index is 2.25. The number of benzene rings is 2. The number of nitrogen functional groups attached to an aromatic ring is 1. The molecule has 0 heterocycles. The SMILES string of the molecule is CC(=O)c1cccc(NC(=O)c2cc(Cl)ccc2N)c1. The lowest BCUT2D eigenvalue weighted by Crippen LogP contribution is -2.14. The maximum Gasteiger partial charge on any atom is 0.257 e. The normalized spacial score (nSPS) is 10.1. The number of rotatable bonds is 3. The minimum Gasteiger partial charge on any atom is -0.398 e. The standard InChI is InChI=1S/C15H13ClN2O2/c1-9(19)10-3-2-4-12(7-10)18-15(20)13-8-11(16)5-6-14(13)17/h2-8H,17H2,1H3,(H,18,20). The van der Waals surface area contributed by atoms with Crippen LogP contribution in [0.25, 0.3) is 0 Å². The van der Waals surface area contributed by atoms with Gasteiger partial charge < -0.3 is 11.1 Å². The third-order valence-corrected chi connectivity index (χ3v) is 3.02. The Kier molecular flexibility index (Phi) is 4.05. The van der Waals surface area contributed by atoms with Gasteiger partial charge in [0, 0.05) is 22.0 Å². The van der Waals surface area contributed by atoms with E-state index in [4.69, 9.17) is 17.3 Å². The summed E-state index contributed by atoms with van der Waals surface area (Å²) >= 11 is 5.85. The zero-order chi connectivity index (χ0) is 14.7. The topological polar surface area (TPSA) is 72.2 Å². The van der Waals surface area contributed by atoms with Crippen molar-refractivity contribution in [3.8, 4) is 0 Å². The van der Waals surface area contributed by atoms with E-state index in [1.807, 2.05) is 0 Å². The van der Waals surface area contributed by atoms with Gasteiger partial charge in [0.25, 0.3) is 5.91 Å². The lowest BCUT2D eigenvalue weighted by molar-refractivity contribution is 0.101. The molecular weight excluding hydrogens is 276 g/mol. The van der Waals surface area contributed by atoms with Gasteiger partial charge in [-0.25, -0.2) is 0 Å². The highest BCUT2D eigenvalue weighted by Crippen LogP contribution is 2.20. The number of Topliss-reactive ketones (excluding diaryl/α,β-unsaturated/α-hetero) is 1. The van der Waals surface area contributed by atoms with Crippen molar-refractivity contribution in [2.24, 2.45) is 0 Å². The van der Waals surface area contributed by atoms with Crippen LogP contribution in [0.3, 0.4) is 0 Å². The van der Waals surface area contributed by atoms with Gasteiger partial charge in [-0.1, -0.05) is 23.7 Å². The first-order valence-corrected chi connectivity index (χ1v) is 6.32. The Bertz CT molecular complexity index is 683. The fraction of sp³-hybridized carbons (Fsp3) is 0.0667. The van der Waals surface area contributed by atoms with Gasteiger partial charge in [-0.3, -0.25) is 9.59 Å². The fourth-order valence-electron chi connectivity index (χ4n) is 1.74. The number of hydrogen-bond acceptors (Lipinski definition) is 3. The van der Waals surface area contributed by atoms with Crippen molar-refractivity contribution in [1.82, 2.24) is 0 Å². The largest absolute Gasteiger partial charge is 0.398 e. The Labute approximate surface area is 121 Å². The Morgan fingerprint density at radius 2 is 1.90 bits per heavy atom. The van der Waals surface area contributed by atoms with Crippen LogP contribution in [0.5, 0.6) is 0 Å². The van der Waals surface area contributed by atoms with Crippen molar-refractivity contribution in [3.05, 3.63) is 58.6 Å². The van der Waals surface area contributed by atoms with Crippen molar-refractivity contribution < 1.29 is 9.59 Å². The third kappa shape index (κ3) is 3.16. The monoisotopic (exact) mass is 288 g/mol. The summed E-state index contributed by atoms with van der Waals surface area (Å²) < 4.78 is 0. The first-order valence-electron chi connectivity index (χ1n) is 5.95. The number of carbonyl (C=O) groups excluding carboxylic acids is 2. The summed E-state index contributed by atoms with van der Waals surface area (Å²) in [6, 6.07) is 11.4. The molecule has 0 radical (unpaired) electrons. The van der Waals surface area contributed by atoms with Crippen LogP contribution in [-0.4, -0.2) is 11.7 Å². The second kappa shape index (κ2) is 5.75. The molecular formula is C15H13ClN2O2. The third-order valence-electron chi connectivity index (χ3n) is 2.79.